The second-order valence-corrected chi connectivity index (χ2v) is 6.37. The van der Waals surface area contributed by atoms with E-state index < -0.39 is 22.7 Å². The van der Waals surface area contributed by atoms with Crippen LogP contribution >= 0.6 is 11.8 Å². The zero-order valence-corrected chi connectivity index (χ0v) is 13.5. The van der Waals surface area contributed by atoms with E-state index in [2.05, 4.69) is 9.97 Å². The fraction of sp³-hybridized carbons (Fsp3) is 0.312. The van der Waals surface area contributed by atoms with Gasteiger partial charge in [0, 0.05) is 11.8 Å². The molecule has 1 aromatic carbocycles. The second kappa shape index (κ2) is 7.50. The smallest absolute Gasteiger partial charge is 0.251 e. The van der Waals surface area contributed by atoms with Crippen molar-refractivity contribution in [3.63, 3.8) is 0 Å². The molecule has 23 heavy (non-hydrogen) atoms. The Morgan fingerprint density at radius 2 is 2.09 bits per heavy atom. The maximum atomic E-state index is 13.7. The fourth-order valence-electron chi connectivity index (χ4n) is 2.05. The average molecular weight is 338 g/mol. The van der Waals surface area contributed by atoms with E-state index in [-0.39, 0.29) is 11.1 Å². The summed E-state index contributed by atoms with van der Waals surface area (Å²) < 4.78 is 26.9. The van der Waals surface area contributed by atoms with Crippen LogP contribution in [0.15, 0.2) is 34.2 Å². The van der Waals surface area contributed by atoms with Gasteiger partial charge in [0.2, 0.25) is 0 Å². The highest BCUT2D eigenvalue weighted by molar-refractivity contribution is 8.00. The lowest BCUT2D eigenvalue weighted by Crippen LogP contribution is -2.18. The fourth-order valence-corrected chi connectivity index (χ4v) is 2.95. The molecule has 0 saturated carbocycles. The number of nitrogens with one attached hydrogen (secondary N) is 1. The summed E-state index contributed by atoms with van der Waals surface area (Å²) >= 11 is 1.01. The zero-order valence-electron chi connectivity index (χ0n) is 12.7. The van der Waals surface area contributed by atoms with E-state index in [1.54, 1.807) is 6.92 Å². The van der Waals surface area contributed by atoms with Gasteiger partial charge >= 0.3 is 0 Å². The van der Waals surface area contributed by atoms with E-state index in [1.165, 1.54) is 6.07 Å². The van der Waals surface area contributed by atoms with Crippen molar-refractivity contribution >= 4 is 17.5 Å². The Balaban J connectivity index is 2.21. The van der Waals surface area contributed by atoms with Crippen LogP contribution in [0.25, 0.3) is 0 Å². The third-order valence-electron chi connectivity index (χ3n) is 3.13. The summed E-state index contributed by atoms with van der Waals surface area (Å²) in [6.07, 6.45) is 1.49. The first kappa shape index (κ1) is 17.3. The van der Waals surface area contributed by atoms with Crippen molar-refractivity contribution in [3.05, 3.63) is 57.5 Å². The molecule has 1 heterocycles. The van der Waals surface area contributed by atoms with Crippen LogP contribution in [0.2, 0.25) is 0 Å². The Labute approximate surface area is 136 Å². The number of aromatic nitrogens is 2. The average Bonchev–Trinajstić information content (AvgIpc) is 2.48. The summed E-state index contributed by atoms with van der Waals surface area (Å²) in [7, 11) is 0. The van der Waals surface area contributed by atoms with Gasteiger partial charge in [0.15, 0.2) is 10.9 Å². The number of Topliss-reactive ketones (excluding diaryl/α,β-unsaturated/α-hetero) is 1. The van der Waals surface area contributed by atoms with Crippen LogP contribution in [0, 0.1) is 11.6 Å². The highest BCUT2D eigenvalue weighted by Gasteiger charge is 2.21. The Hall–Kier alpha value is -2.02. The van der Waals surface area contributed by atoms with Gasteiger partial charge in [-0.3, -0.25) is 9.59 Å². The molecule has 0 radical (unpaired) electrons. The lowest BCUT2D eigenvalue weighted by molar-refractivity contribution is 0.0989. The summed E-state index contributed by atoms with van der Waals surface area (Å²) in [5.41, 5.74) is 0.0231. The molecule has 1 N–H and O–H groups in total. The molecule has 122 valence electrons. The van der Waals surface area contributed by atoms with Crippen LogP contribution in [0.4, 0.5) is 8.78 Å². The third kappa shape index (κ3) is 4.48. The number of aryl methyl sites for hydroxylation is 1. The molecule has 1 unspecified atom stereocenters. The van der Waals surface area contributed by atoms with Crippen LogP contribution in [0.3, 0.4) is 0 Å². The lowest BCUT2D eigenvalue weighted by atomic mass is 10.1. The van der Waals surface area contributed by atoms with Crippen molar-refractivity contribution < 1.29 is 13.6 Å². The molecule has 0 spiro atoms. The van der Waals surface area contributed by atoms with Gasteiger partial charge in [0.05, 0.1) is 10.8 Å². The summed E-state index contributed by atoms with van der Waals surface area (Å²) in [5, 5.41) is -0.426. The normalized spacial score (nSPS) is 12.2. The van der Waals surface area contributed by atoms with Crippen LogP contribution in [-0.2, 0) is 6.42 Å². The van der Waals surface area contributed by atoms with E-state index in [0.29, 0.717) is 17.3 Å². The molecule has 0 aliphatic rings. The van der Waals surface area contributed by atoms with Gasteiger partial charge in [0.1, 0.15) is 11.6 Å². The van der Waals surface area contributed by atoms with Crippen LogP contribution < -0.4 is 5.56 Å². The molecule has 2 aromatic rings. The SMILES string of the molecule is CCCc1cc(=O)[nH]c(SC(C)C(=O)c2cc(F)ccc2F)n1. The van der Waals surface area contributed by atoms with Gasteiger partial charge in [-0.25, -0.2) is 13.8 Å². The van der Waals surface area contributed by atoms with Crippen molar-refractivity contribution in [2.45, 2.75) is 37.1 Å². The Bertz CT molecular complexity index is 777. The molecule has 4 nitrogen and oxygen atoms in total. The van der Waals surface area contributed by atoms with Crippen LogP contribution in [-0.4, -0.2) is 21.0 Å². The van der Waals surface area contributed by atoms with E-state index >= 15 is 0 Å². The quantitative estimate of drug-likeness (QED) is 0.498. The lowest BCUT2D eigenvalue weighted by Gasteiger charge is -2.11. The third-order valence-corrected chi connectivity index (χ3v) is 4.11. The number of hydrogen-bond acceptors (Lipinski definition) is 4. The number of rotatable bonds is 6. The van der Waals surface area contributed by atoms with Crippen LogP contribution in [0.1, 0.15) is 36.3 Å². The minimum absolute atomic E-state index is 0.290. The molecule has 7 heteroatoms. The second-order valence-electron chi connectivity index (χ2n) is 5.04. The van der Waals surface area contributed by atoms with Gasteiger partial charge < -0.3 is 4.98 Å². The monoisotopic (exact) mass is 338 g/mol. The number of thioether (sulfide) groups is 1. The summed E-state index contributed by atoms with van der Waals surface area (Å²) in [6, 6.07) is 4.16. The molecule has 1 aromatic heterocycles. The van der Waals surface area contributed by atoms with E-state index in [1.807, 2.05) is 6.92 Å². The molecule has 0 fully saturated rings. The molecule has 0 bridgehead atoms. The van der Waals surface area contributed by atoms with Crippen molar-refractivity contribution in [3.8, 4) is 0 Å². The number of ketones is 1. The number of carbonyl (C=O) groups excluding carboxylic acids is 1. The minimum Gasteiger partial charge on any atom is -0.301 e. The standard InChI is InChI=1S/C16H16F2N2O2S/c1-3-4-11-8-14(21)20-16(19-11)23-9(2)15(22)12-7-10(17)5-6-13(12)18/h5-9H,3-4H2,1-2H3,(H,19,20,21). The topological polar surface area (TPSA) is 62.8 Å². The van der Waals surface area contributed by atoms with Gasteiger partial charge in [-0.2, -0.15) is 0 Å². The number of aromatic amines is 1. The number of carbonyl (C=O) groups is 1. The predicted octanol–water partition coefficient (Wildman–Crippen LogP) is 3.36. The van der Waals surface area contributed by atoms with Crippen molar-refractivity contribution in [2.24, 2.45) is 0 Å². The summed E-state index contributed by atoms with van der Waals surface area (Å²) in [4.78, 5) is 30.7. The van der Waals surface area contributed by atoms with Crippen molar-refractivity contribution in [1.29, 1.82) is 0 Å². The van der Waals surface area contributed by atoms with E-state index in [0.717, 1.165) is 36.4 Å². The van der Waals surface area contributed by atoms with Gasteiger partial charge in [-0.1, -0.05) is 25.1 Å². The van der Waals surface area contributed by atoms with E-state index in [4.69, 9.17) is 0 Å². The highest BCUT2D eigenvalue weighted by atomic mass is 32.2. The Kier molecular flexibility index (Phi) is 5.65. The summed E-state index contributed by atoms with van der Waals surface area (Å²) in [5.74, 6) is -2.01. The Morgan fingerprint density at radius 1 is 1.35 bits per heavy atom. The van der Waals surface area contributed by atoms with Gasteiger partial charge in [0.25, 0.3) is 5.56 Å². The number of benzene rings is 1. The highest BCUT2D eigenvalue weighted by Crippen LogP contribution is 2.23. The molecule has 0 saturated heterocycles. The van der Waals surface area contributed by atoms with Gasteiger partial charge in [-0.15, -0.1) is 0 Å². The summed E-state index contributed by atoms with van der Waals surface area (Å²) in [6.45, 7) is 3.53. The number of nitrogens with zero attached hydrogens (tertiary/aromatic N) is 1. The minimum atomic E-state index is -0.773. The van der Waals surface area contributed by atoms with Crippen molar-refractivity contribution in [2.75, 3.05) is 0 Å². The zero-order chi connectivity index (χ0) is 17.0. The van der Waals surface area contributed by atoms with Crippen molar-refractivity contribution in [1.82, 2.24) is 9.97 Å². The molecule has 2 rings (SSSR count). The first-order chi connectivity index (χ1) is 10.9. The molecular weight excluding hydrogens is 322 g/mol. The maximum absolute atomic E-state index is 13.7. The number of halogens is 2. The Morgan fingerprint density at radius 3 is 2.78 bits per heavy atom. The molecule has 1 atom stereocenters. The van der Waals surface area contributed by atoms with Gasteiger partial charge in [-0.05, 0) is 31.5 Å². The largest absolute Gasteiger partial charge is 0.301 e. The molecule has 0 aliphatic carbocycles. The first-order valence-corrected chi connectivity index (χ1v) is 8.04. The predicted molar refractivity (Wildman–Crippen MR) is 84.9 cm³/mol. The number of H-pyrrole nitrogens is 1. The maximum Gasteiger partial charge on any atom is 0.251 e. The molecule has 0 aliphatic heterocycles. The van der Waals surface area contributed by atoms with E-state index in [9.17, 15) is 18.4 Å². The first-order valence-electron chi connectivity index (χ1n) is 7.17. The molecular formula is C16H16F2N2O2S. The number of hydrogen-bond donors (Lipinski definition) is 1. The van der Waals surface area contributed by atoms with Crippen LogP contribution in [0.5, 0.6) is 0 Å². The molecule has 0 amide bonds.